The van der Waals surface area contributed by atoms with Crippen LogP contribution in [0.5, 0.6) is 5.75 Å². The fourth-order valence-electron chi connectivity index (χ4n) is 3.94. The number of ether oxygens (including phenoxy) is 4. The summed E-state index contributed by atoms with van der Waals surface area (Å²) in [4.78, 5) is 50.5. The van der Waals surface area contributed by atoms with E-state index in [-0.39, 0.29) is 24.2 Å². The Kier molecular flexibility index (Phi) is 10.3. The highest BCUT2D eigenvalue weighted by Gasteiger charge is 2.44. The maximum atomic E-state index is 13.3. The second-order valence-electron chi connectivity index (χ2n) is 8.94. The fraction of sp³-hybridized carbons (Fsp3) is 0.481. The van der Waals surface area contributed by atoms with Gasteiger partial charge >= 0.3 is 17.8 Å². The number of rotatable bonds is 9. The number of nitrogens with zero attached hydrogens (tertiary/aromatic N) is 2. The van der Waals surface area contributed by atoms with Crippen LogP contribution < -0.4 is 16.0 Å². The predicted octanol–water partition coefficient (Wildman–Crippen LogP) is 2.99. The molecular weight excluding hydrogens is 537 g/mol. The van der Waals surface area contributed by atoms with E-state index in [0.717, 1.165) is 17.4 Å². The van der Waals surface area contributed by atoms with Crippen molar-refractivity contribution in [3.05, 3.63) is 62.4 Å². The lowest BCUT2D eigenvalue weighted by Gasteiger charge is -2.19. The zero-order valence-electron chi connectivity index (χ0n) is 22.2. The van der Waals surface area contributed by atoms with Crippen LogP contribution in [0.4, 0.5) is 13.2 Å². The maximum absolute atomic E-state index is 13.3. The molecule has 0 amide bonds. The van der Waals surface area contributed by atoms with Crippen molar-refractivity contribution in [2.75, 3.05) is 20.3 Å². The van der Waals surface area contributed by atoms with E-state index in [2.05, 4.69) is 16.6 Å². The first kappa shape index (κ1) is 30.6. The number of carbonyl (C=O) groups excluding carboxylic acids is 2. The number of alkyl halides is 3. The highest BCUT2D eigenvalue weighted by molar-refractivity contribution is 5.95. The summed E-state index contributed by atoms with van der Waals surface area (Å²) in [6.07, 6.45) is -4.80. The lowest BCUT2D eigenvalue weighted by atomic mass is 10.2. The standard InChI is InChI=1S/C27H29F3N2O8/c1-4-5-6-7-8-13-38-20-14-22(40-21(20)16-39-25(35)27(28,29)30)31-15-17(2)23(33)32(26(31)36)24(34)18-9-11-19(37-3)12-10-18/h9-12,15,20-22H,4-6,13-14,16H2,1-3H3/t20-,21+,22+/m0/s1. The van der Waals surface area contributed by atoms with Gasteiger partial charge in [-0.3, -0.25) is 14.2 Å². The number of hydrogen-bond acceptors (Lipinski definition) is 8. The van der Waals surface area contributed by atoms with E-state index in [0.29, 0.717) is 16.7 Å². The van der Waals surface area contributed by atoms with Crippen LogP contribution in [0.2, 0.25) is 0 Å². The van der Waals surface area contributed by atoms with Crippen LogP contribution in [-0.4, -0.2) is 59.7 Å². The number of methoxy groups -OCH3 is 1. The summed E-state index contributed by atoms with van der Waals surface area (Å²) in [6.45, 7) is 2.53. The van der Waals surface area contributed by atoms with Crippen molar-refractivity contribution in [3.8, 4) is 17.6 Å². The average Bonchev–Trinajstić information content (AvgIpc) is 3.33. The molecular formula is C27H29F3N2O8. The number of unbranched alkanes of at least 4 members (excludes halogenated alkanes) is 2. The number of esters is 1. The van der Waals surface area contributed by atoms with E-state index in [9.17, 15) is 32.3 Å². The Hall–Kier alpha value is -3.89. The molecule has 0 unspecified atom stereocenters. The Morgan fingerprint density at radius 3 is 2.48 bits per heavy atom. The molecule has 0 aliphatic carbocycles. The van der Waals surface area contributed by atoms with Crippen LogP contribution >= 0.6 is 0 Å². The van der Waals surface area contributed by atoms with Gasteiger partial charge in [-0.25, -0.2) is 9.59 Å². The molecule has 0 radical (unpaired) electrons. The summed E-state index contributed by atoms with van der Waals surface area (Å²) in [6, 6.07) is 5.77. The Bertz CT molecular complexity index is 1390. The van der Waals surface area contributed by atoms with Crippen LogP contribution in [0.3, 0.4) is 0 Å². The summed E-state index contributed by atoms with van der Waals surface area (Å²) >= 11 is 0. The van der Waals surface area contributed by atoms with Gasteiger partial charge in [0.1, 0.15) is 31.3 Å². The molecule has 2 aromatic rings. The Morgan fingerprint density at radius 2 is 1.85 bits per heavy atom. The number of halogens is 3. The zero-order valence-corrected chi connectivity index (χ0v) is 22.2. The smallest absolute Gasteiger partial charge is 0.490 e. The van der Waals surface area contributed by atoms with Crippen molar-refractivity contribution >= 4 is 11.9 Å². The molecule has 1 aliphatic heterocycles. The zero-order chi connectivity index (χ0) is 29.4. The first-order valence-electron chi connectivity index (χ1n) is 12.5. The molecule has 3 rings (SSSR count). The molecule has 1 fully saturated rings. The summed E-state index contributed by atoms with van der Waals surface area (Å²) in [5.74, 6) is 2.89. The summed E-state index contributed by atoms with van der Waals surface area (Å²) in [7, 11) is 1.44. The van der Waals surface area contributed by atoms with E-state index in [4.69, 9.17) is 14.2 Å². The number of benzene rings is 1. The van der Waals surface area contributed by atoms with Crippen LogP contribution in [0.1, 0.15) is 54.8 Å². The van der Waals surface area contributed by atoms with Gasteiger partial charge in [0, 0.05) is 30.2 Å². The number of carbonyl (C=O) groups is 2. The Morgan fingerprint density at radius 1 is 1.15 bits per heavy atom. The molecule has 3 atom stereocenters. The van der Waals surface area contributed by atoms with Gasteiger partial charge in [0.05, 0.1) is 13.2 Å². The van der Waals surface area contributed by atoms with Crippen LogP contribution in [0.25, 0.3) is 0 Å². The normalized spacial score (nSPS) is 18.6. The Balaban J connectivity index is 1.89. The topological polar surface area (TPSA) is 115 Å². The lowest BCUT2D eigenvalue weighted by Crippen LogP contribution is -2.45. The van der Waals surface area contributed by atoms with Gasteiger partial charge in [-0.1, -0.05) is 19.3 Å². The second-order valence-corrected chi connectivity index (χ2v) is 8.94. The highest BCUT2D eigenvalue weighted by Crippen LogP contribution is 2.31. The molecule has 10 nitrogen and oxygen atoms in total. The van der Waals surface area contributed by atoms with E-state index < -0.39 is 54.3 Å². The minimum Gasteiger partial charge on any atom is -0.497 e. The minimum absolute atomic E-state index is 0.0382. The molecule has 1 aromatic carbocycles. The SMILES string of the molecule is CCCCC#CCO[C@H]1C[C@H](n2cc(C)c(=O)n(C(=O)c3ccc(OC)cc3)c2=O)O[C@@H]1COC(=O)C(F)(F)F. The molecule has 1 saturated heterocycles. The van der Waals surface area contributed by atoms with E-state index in [1.54, 1.807) is 0 Å². The number of aryl methyl sites for hydroxylation is 1. The summed E-state index contributed by atoms with van der Waals surface area (Å²) in [5, 5.41) is 0. The van der Waals surface area contributed by atoms with Gasteiger partial charge in [0.25, 0.3) is 11.5 Å². The van der Waals surface area contributed by atoms with E-state index >= 15 is 0 Å². The predicted molar refractivity (Wildman–Crippen MR) is 135 cm³/mol. The Labute approximate surface area is 227 Å². The number of hydrogen-bond donors (Lipinski definition) is 0. The van der Waals surface area contributed by atoms with Crippen molar-refractivity contribution < 1.29 is 41.7 Å². The van der Waals surface area contributed by atoms with Gasteiger partial charge in [-0.2, -0.15) is 17.7 Å². The van der Waals surface area contributed by atoms with Crippen molar-refractivity contribution in [1.29, 1.82) is 0 Å². The average molecular weight is 567 g/mol. The van der Waals surface area contributed by atoms with Crippen LogP contribution in [0, 0.1) is 18.8 Å². The first-order chi connectivity index (χ1) is 19.0. The molecule has 40 heavy (non-hydrogen) atoms. The number of aromatic nitrogens is 2. The fourth-order valence-corrected chi connectivity index (χ4v) is 3.94. The van der Waals surface area contributed by atoms with E-state index in [1.807, 2.05) is 6.92 Å². The molecule has 2 heterocycles. The molecule has 1 aliphatic rings. The molecule has 13 heteroatoms. The van der Waals surface area contributed by atoms with Crippen LogP contribution in [0.15, 0.2) is 40.1 Å². The quantitative estimate of drug-likeness (QED) is 0.259. The van der Waals surface area contributed by atoms with Gasteiger partial charge in [0.2, 0.25) is 0 Å². The summed E-state index contributed by atoms with van der Waals surface area (Å²) in [5.41, 5.74) is -1.78. The van der Waals surface area contributed by atoms with Crippen molar-refractivity contribution in [2.24, 2.45) is 0 Å². The van der Waals surface area contributed by atoms with Gasteiger partial charge in [-0.05, 0) is 37.6 Å². The van der Waals surface area contributed by atoms with Crippen molar-refractivity contribution in [2.45, 2.75) is 64.1 Å². The third-order valence-electron chi connectivity index (χ3n) is 6.08. The third-order valence-corrected chi connectivity index (χ3v) is 6.08. The highest BCUT2D eigenvalue weighted by atomic mass is 19.4. The van der Waals surface area contributed by atoms with Gasteiger partial charge < -0.3 is 18.9 Å². The second kappa shape index (κ2) is 13.5. The first-order valence-corrected chi connectivity index (χ1v) is 12.5. The minimum atomic E-state index is -5.20. The molecule has 0 saturated carbocycles. The molecule has 0 bridgehead atoms. The third kappa shape index (κ3) is 7.40. The molecule has 1 aromatic heterocycles. The van der Waals surface area contributed by atoms with E-state index in [1.165, 1.54) is 44.5 Å². The largest absolute Gasteiger partial charge is 0.497 e. The maximum Gasteiger partial charge on any atom is 0.490 e. The molecule has 0 spiro atoms. The molecule has 216 valence electrons. The van der Waals surface area contributed by atoms with Crippen molar-refractivity contribution in [3.63, 3.8) is 0 Å². The lowest BCUT2D eigenvalue weighted by molar-refractivity contribution is -0.204. The van der Waals surface area contributed by atoms with Gasteiger partial charge in [-0.15, -0.1) is 5.92 Å². The van der Waals surface area contributed by atoms with Gasteiger partial charge in [0.15, 0.2) is 0 Å². The summed E-state index contributed by atoms with van der Waals surface area (Å²) < 4.78 is 60.3. The molecule has 0 N–H and O–H groups in total. The monoisotopic (exact) mass is 566 g/mol. The van der Waals surface area contributed by atoms with Crippen LogP contribution in [-0.2, 0) is 19.0 Å². The van der Waals surface area contributed by atoms with Crippen molar-refractivity contribution in [1.82, 2.24) is 9.13 Å².